The van der Waals surface area contributed by atoms with E-state index in [4.69, 9.17) is 5.73 Å². The van der Waals surface area contributed by atoms with Gasteiger partial charge in [-0.25, -0.2) is 0 Å². The minimum atomic E-state index is -0.217. The fourth-order valence-electron chi connectivity index (χ4n) is 2.32. The third-order valence-corrected chi connectivity index (χ3v) is 4.73. The molecule has 1 amide bonds. The van der Waals surface area contributed by atoms with Gasteiger partial charge in [-0.1, -0.05) is 24.3 Å². The molecule has 122 valence electrons. The van der Waals surface area contributed by atoms with E-state index in [1.807, 2.05) is 24.3 Å². The van der Waals surface area contributed by atoms with E-state index in [1.165, 1.54) is 11.1 Å². The Morgan fingerprint density at radius 3 is 2.75 bits per heavy atom. The lowest BCUT2D eigenvalue weighted by Crippen LogP contribution is -2.22. The molecule has 6 heteroatoms. The number of nitrogens with two attached hydrogens (primary N) is 1. The Morgan fingerprint density at radius 2 is 2.04 bits per heavy atom. The first kappa shape index (κ1) is 16.1. The lowest BCUT2D eigenvalue weighted by Gasteiger charge is -2.07. The molecule has 0 aliphatic heterocycles. The summed E-state index contributed by atoms with van der Waals surface area (Å²) in [6, 6.07) is 11.6. The first-order valence-electron chi connectivity index (χ1n) is 7.57. The zero-order valence-corrected chi connectivity index (χ0v) is 14.4. The second-order valence-corrected chi connectivity index (χ2v) is 6.36. The molecule has 0 saturated heterocycles. The third-order valence-electron chi connectivity index (χ3n) is 3.87. The number of hydrogen-bond donors (Lipinski definition) is 2. The standard InChI is InChI=1S/C18H18N4OS/c1-11-6-7-13(9-12(11)2)10-21-18(23)17-15(19)16(22-24-17)14-5-3-4-8-20-14/h3-9H,10,19H2,1-2H3,(H,21,23). The number of nitrogens with one attached hydrogen (secondary N) is 1. The number of rotatable bonds is 4. The van der Waals surface area contributed by atoms with Crippen molar-refractivity contribution in [1.29, 1.82) is 0 Å². The average molecular weight is 338 g/mol. The second-order valence-electron chi connectivity index (χ2n) is 5.59. The Kier molecular flexibility index (Phi) is 4.57. The second kappa shape index (κ2) is 6.80. The van der Waals surface area contributed by atoms with Gasteiger partial charge in [-0.2, -0.15) is 4.37 Å². The molecule has 2 heterocycles. The van der Waals surface area contributed by atoms with Crippen molar-refractivity contribution in [2.45, 2.75) is 20.4 Å². The molecular weight excluding hydrogens is 320 g/mol. The van der Waals surface area contributed by atoms with Crippen LogP contribution in [0.5, 0.6) is 0 Å². The summed E-state index contributed by atoms with van der Waals surface area (Å²) < 4.78 is 4.28. The number of nitrogens with zero attached hydrogens (tertiary/aromatic N) is 2. The lowest BCUT2D eigenvalue weighted by atomic mass is 10.1. The number of pyridine rings is 1. The van der Waals surface area contributed by atoms with E-state index < -0.39 is 0 Å². The van der Waals surface area contributed by atoms with Crippen LogP contribution in [0.4, 0.5) is 5.69 Å². The van der Waals surface area contributed by atoms with Gasteiger partial charge in [-0.05, 0) is 54.2 Å². The number of aryl methyl sites for hydroxylation is 2. The summed E-state index contributed by atoms with van der Waals surface area (Å²) in [5.74, 6) is -0.217. The molecule has 0 fully saturated rings. The molecule has 0 spiro atoms. The van der Waals surface area contributed by atoms with Gasteiger partial charge in [0.1, 0.15) is 10.6 Å². The number of amides is 1. The van der Waals surface area contributed by atoms with Crippen molar-refractivity contribution in [3.63, 3.8) is 0 Å². The van der Waals surface area contributed by atoms with Crippen molar-refractivity contribution in [3.8, 4) is 11.4 Å². The van der Waals surface area contributed by atoms with E-state index in [2.05, 4.69) is 40.7 Å². The summed E-state index contributed by atoms with van der Waals surface area (Å²) in [6.07, 6.45) is 1.67. The molecule has 24 heavy (non-hydrogen) atoms. The quantitative estimate of drug-likeness (QED) is 0.764. The number of aromatic nitrogens is 2. The number of carbonyl (C=O) groups excluding carboxylic acids is 1. The normalized spacial score (nSPS) is 10.6. The first-order chi connectivity index (χ1) is 11.6. The van der Waals surface area contributed by atoms with Crippen LogP contribution in [-0.2, 0) is 6.54 Å². The van der Waals surface area contributed by atoms with Gasteiger partial charge in [0.05, 0.1) is 11.4 Å². The molecule has 0 aliphatic rings. The Bertz CT molecular complexity index is 874. The highest BCUT2D eigenvalue weighted by molar-refractivity contribution is 7.09. The molecule has 2 aromatic heterocycles. The SMILES string of the molecule is Cc1ccc(CNC(=O)c2snc(-c3ccccn3)c2N)cc1C. The predicted molar refractivity (Wildman–Crippen MR) is 96.8 cm³/mol. The van der Waals surface area contributed by atoms with Crippen LogP contribution in [0.15, 0.2) is 42.6 Å². The van der Waals surface area contributed by atoms with E-state index in [1.54, 1.807) is 6.20 Å². The summed E-state index contributed by atoms with van der Waals surface area (Å²) in [5, 5.41) is 2.90. The van der Waals surface area contributed by atoms with Gasteiger partial charge in [0.15, 0.2) is 0 Å². The Labute approximate surface area is 144 Å². The molecule has 0 saturated carbocycles. The molecule has 0 unspecified atom stereocenters. The Balaban J connectivity index is 1.74. The maximum Gasteiger partial charge on any atom is 0.265 e. The van der Waals surface area contributed by atoms with Crippen molar-refractivity contribution < 1.29 is 4.79 Å². The summed E-state index contributed by atoms with van der Waals surface area (Å²) in [5.41, 5.74) is 11.2. The van der Waals surface area contributed by atoms with Crippen molar-refractivity contribution in [3.05, 3.63) is 64.2 Å². The van der Waals surface area contributed by atoms with E-state index in [9.17, 15) is 4.79 Å². The van der Waals surface area contributed by atoms with Crippen molar-refractivity contribution in [2.75, 3.05) is 5.73 Å². The monoisotopic (exact) mass is 338 g/mol. The van der Waals surface area contributed by atoms with Crippen molar-refractivity contribution in [1.82, 2.24) is 14.7 Å². The Morgan fingerprint density at radius 1 is 1.21 bits per heavy atom. The number of carbonyl (C=O) groups is 1. The van der Waals surface area contributed by atoms with Gasteiger partial charge in [-0.15, -0.1) is 0 Å². The Hall–Kier alpha value is -2.73. The van der Waals surface area contributed by atoms with Crippen molar-refractivity contribution >= 4 is 23.1 Å². The van der Waals surface area contributed by atoms with Crippen LogP contribution >= 0.6 is 11.5 Å². The van der Waals surface area contributed by atoms with Crippen molar-refractivity contribution in [2.24, 2.45) is 0 Å². The highest BCUT2D eigenvalue weighted by Crippen LogP contribution is 2.29. The molecule has 0 bridgehead atoms. The highest BCUT2D eigenvalue weighted by Gasteiger charge is 2.19. The molecule has 5 nitrogen and oxygen atoms in total. The average Bonchev–Trinajstić information content (AvgIpc) is 2.98. The lowest BCUT2D eigenvalue weighted by molar-refractivity contribution is 0.0956. The number of nitrogen functional groups attached to an aromatic ring is 1. The van der Waals surface area contributed by atoms with Gasteiger partial charge in [0, 0.05) is 12.7 Å². The molecular formula is C18H18N4OS. The van der Waals surface area contributed by atoms with Crippen LogP contribution < -0.4 is 11.1 Å². The largest absolute Gasteiger partial charge is 0.396 e. The minimum Gasteiger partial charge on any atom is -0.396 e. The van der Waals surface area contributed by atoms with E-state index in [0.717, 1.165) is 17.1 Å². The number of benzene rings is 1. The molecule has 3 aromatic rings. The van der Waals surface area contributed by atoms with Crippen LogP contribution in [0.2, 0.25) is 0 Å². The maximum absolute atomic E-state index is 12.4. The zero-order valence-electron chi connectivity index (χ0n) is 13.5. The zero-order chi connectivity index (χ0) is 17.1. The van der Waals surface area contributed by atoms with Gasteiger partial charge in [-0.3, -0.25) is 9.78 Å². The van der Waals surface area contributed by atoms with E-state index >= 15 is 0 Å². The van der Waals surface area contributed by atoms with Crippen LogP contribution in [0.1, 0.15) is 26.4 Å². The molecule has 3 rings (SSSR count). The highest BCUT2D eigenvalue weighted by atomic mass is 32.1. The smallest absolute Gasteiger partial charge is 0.265 e. The van der Waals surface area contributed by atoms with Gasteiger partial charge in [0.25, 0.3) is 5.91 Å². The van der Waals surface area contributed by atoms with E-state index in [-0.39, 0.29) is 5.91 Å². The topological polar surface area (TPSA) is 80.9 Å². The maximum atomic E-state index is 12.4. The summed E-state index contributed by atoms with van der Waals surface area (Å²) >= 11 is 1.09. The molecule has 0 atom stereocenters. The fourth-order valence-corrected chi connectivity index (χ4v) is 3.05. The van der Waals surface area contributed by atoms with Gasteiger partial charge < -0.3 is 11.1 Å². The van der Waals surface area contributed by atoms with Crippen LogP contribution in [-0.4, -0.2) is 15.3 Å². The summed E-state index contributed by atoms with van der Waals surface area (Å²) in [6.45, 7) is 4.58. The van der Waals surface area contributed by atoms with Crippen LogP contribution in [0.3, 0.4) is 0 Å². The first-order valence-corrected chi connectivity index (χ1v) is 8.34. The van der Waals surface area contributed by atoms with E-state index in [0.29, 0.717) is 28.5 Å². The molecule has 0 radical (unpaired) electrons. The minimum absolute atomic E-state index is 0.217. The van der Waals surface area contributed by atoms with Crippen LogP contribution in [0.25, 0.3) is 11.4 Å². The molecule has 0 aliphatic carbocycles. The predicted octanol–water partition coefficient (Wildman–Crippen LogP) is 3.33. The summed E-state index contributed by atoms with van der Waals surface area (Å²) in [4.78, 5) is 17.0. The number of hydrogen-bond acceptors (Lipinski definition) is 5. The number of anilines is 1. The molecule has 1 aromatic carbocycles. The summed E-state index contributed by atoms with van der Waals surface area (Å²) in [7, 11) is 0. The van der Waals surface area contributed by atoms with Gasteiger partial charge in [0.2, 0.25) is 0 Å². The molecule has 3 N–H and O–H groups in total. The third kappa shape index (κ3) is 3.28. The fraction of sp³-hybridized carbons (Fsp3) is 0.167. The van der Waals surface area contributed by atoms with Crippen LogP contribution in [0, 0.1) is 13.8 Å². The van der Waals surface area contributed by atoms with Gasteiger partial charge >= 0.3 is 0 Å².